The van der Waals surface area contributed by atoms with Crippen molar-refractivity contribution in [2.45, 2.75) is 23.9 Å². The molecule has 1 saturated heterocycles. The number of nitrogens with zero attached hydrogens (tertiary/aromatic N) is 4. The number of hydrogen-bond acceptors (Lipinski definition) is 5. The molecule has 1 amide bonds. The molecule has 0 aliphatic carbocycles. The molecular weight excluding hydrogens is 386 g/mol. The van der Waals surface area contributed by atoms with Crippen molar-refractivity contribution in [1.29, 1.82) is 0 Å². The smallest absolute Gasteiger partial charge is 0.261 e. The summed E-state index contributed by atoms with van der Waals surface area (Å²) in [7, 11) is 0. The molecule has 5 rings (SSSR count). The van der Waals surface area contributed by atoms with Crippen molar-refractivity contribution < 1.29 is 4.79 Å². The normalized spacial score (nSPS) is 20.4. The van der Waals surface area contributed by atoms with Crippen LogP contribution in [-0.2, 0) is 6.54 Å². The topological polar surface area (TPSA) is 83.9 Å². The summed E-state index contributed by atoms with van der Waals surface area (Å²) in [6.45, 7) is 1.91. The van der Waals surface area contributed by atoms with Crippen LogP contribution in [0.25, 0.3) is 11.4 Å². The number of carbonyl (C=O) groups is 1. The SMILES string of the molecule is CSc1ncccc1C(=O)N1C[C@@H]2C[C@H](C1)c1ccc(-c3ncc[nH]3)c(=O)n1C2. The average molecular weight is 407 g/mol. The van der Waals surface area contributed by atoms with Gasteiger partial charge in [-0.1, -0.05) is 0 Å². The molecule has 3 aromatic rings. The standard InChI is InChI=1S/C21H21N5O2S/c1-29-19-16(3-2-6-24-19)20(27)25-10-13-9-14(12-25)17-5-4-15(18-22-7-8-23-18)21(28)26(17)11-13/h2-8,13-14H,9-12H2,1H3,(H,22,23)/t13-,14+/m0/s1. The van der Waals surface area contributed by atoms with E-state index in [1.54, 1.807) is 18.6 Å². The van der Waals surface area contributed by atoms with Crippen LogP contribution < -0.4 is 5.56 Å². The number of amides is 1. The van der Waals surface area contributed by atoms with E-state index in [9.17, 15) is 9.59 Å². The van der Waals surface area contributed by atoms with Crippen molar-refractivity contribution in [3.8, 4) is 11.4 Å². The Hall–Kier alpha value is -2.87. The summed E-state index contributed by atoms with van der Waals surface area (Å²) in [5.74, 6) is 1.06. The number of likely N-dealkylation sites (tertiary alicyclic amines) is 1. The van der Waals surface area contributed by atoms with E-state index in [2.05, 4.69) is 15.0 Å². The van der Waals surface area contributed by atoms with E-state index < -0.39 is 0 Å². The zero-order valence-corrected chi connectivity index (χ0v) is 16.9. The Kier molecular flexibility index (Phi) is 4.50. The molecule has 3 aromatic heterocycles. The van der Waals surface area contributed by atoms with Gasteiger partial charge in [-0.15, -0.1) is 11.8 Å². The first kappa shape index (κ1) is 18.2. The van der Waals surface area contributed by atoms with Crippen molar-refractivity contribution >= 4 is 17.7 Å². The fourth-order valence-electron chi connectivity index (χ4n) is 4.59. The zero-order chi connectivity index (χ0) is 20.0. The van der Waals surface area contributed by atoms with Gasteiger partial charge >= 0.3 is 0 Å². The molecule has 0 unspecified atom stereocenters. The van der Waals surface area contributed by atoms with E-state index in [4.69, 9.17) is 0 Å². The predicted octanol–water partition coefficient (Wildman–Crippen LogP) is 2.61. The lowest BCUT2D eigenvalue weighted by molar-refractivity contribution is 0.0590. The fourth-order valence-corrected chi connectivity index (χ4v) is 5.13. The second-order valence-corrected chi connectivity index (χ2v) is 8.39. The maximum absolute atomic E-state index is 13.2. The molecule has 8 heteroatoms. The first-order valence-electron chi connectivity index (χ1n) is 9.67. The van der Waals surface area contributed by atoms with Crippen molar-refractivity contribution in [2.24, 2.45) is 5.92 Å². The number of rotatable bonds is 3. The van der Waals surface area contributed by atoms with E-state index in [0.717, 1.165) is 17.1 Å². The summed E-state index contributed by atoms with van der Waals surface area (Å²) < 4.78 is 1.88. The summed E-state index contributed by atoms with van der Waals surface area (Å²) in [5, 5.41) is 0.757. The van der Waals surface area contributed by atoms with Gasteiger partial charge in [-0.2, -0.15) is 0 Å². The zero-order valence-electron chi connectivity index (χ0n) is 16.0. The summed E-state index contributed by atoms with van der Waals surface area (Å²) in [4.78, 5) is 39.8. The molecule has 2 aliphatic rings. The lowest BCUT2D eigenvalue weighted by atomic mass is 9.82. The molecule has 1 N–H and O–H groups in total. The average Bonchev–Trinajstić information content (AvgIpc) is 3.28. The van der Waals surface area contributed by atoms with Crippen LogP contribution in [0.15, 0.2) is 52.7 Å². The van der Waals surface area contributed by atoms with Gasteiger partial charge in [0.15, 0.2) is 0 Å². The van der Waals surface area contributed by atoms with E-state index in [-0.39, 0.29) is 23.3 Å². The van der Waals surface area contributed by atoms with Gasteiger partial charge in [-0.05, 0) is 42.9 Å². The highest BCUT2D eigenvalue weighted by molar-refractivity contribution is 7.98. The number of aromatic amines is 1. The van der Waals surface area contributed by atoms with Gasteiger partial charge in [-0.25, -0.2) is 9.97 Å². The first-order valence-corrected chi connectivity index (χ1v) is 10.9. The van der Waals surface area contributed by atoms with Gasteiger partial charge in [0.25, 0.3) is 11.5 Å². The van der Waals surface area contributed by atoms with Crippen LogP contribution in [0, 0.1) is 5.92 Å². The van der Waals surface area contributed by atoms with Crippen LogP contribution in [-0.4, -0.2) is 49.7 Å². The number of imidazole rings is 1. The third-order valence-corrected chi connectivity index (χ3v) is 6.55. The molecule has 148 valence electrons. The minimum atomic E-state index is -0.0103. The number of pyridine rings is 2. The molecule has 1 fully saturated rings. The molecule has 29 heavy (non-hydrogen) atoms. The Morgan fingerprint density at radius 1 is 1.17 bits per heavy atom. The Balaban J connectivity index is 1.46. The van der Waals surface area contributed by atoms with Gasteiger partial charge in [0.1, 0.15) is 10.9 Å². The summed E-state index contributed by atoms with van der Waals surface area (Å²) >= 11 is 1.49. The Labute approximate surface area is 172 Å². The number of hydrogen-bond donors (Lipinski definition) is 1. The number of aromatic nitrogens is 4. The highest BCUT2D eigenvalue weighted by Gasteiger charge is 2.37. The molecule has 0 radical (unpaired) electrons. The molecule has 0 aromatic carbocycles. The van der Waals surface area contributed by atoms with Crippen molar-refractivity contribution in [3.05, 3.63) is 64.5 Å². The van der Waals surface area contributed by atoms with Crippen LogP contribution >= 0.6 is 11.8 Å². The largest absolute Gasteiger partial charge is 0.344 e. The Morgan fingerprint density at radius 2 is 2.07 bits per heavy atom. The van der Waals surface area contributed by atoms with Gasteiger partial charge in [0, 0.05) is 49.8 Å². The van der Waals surface area contributed by atoms with Gasteiger partial charge in [-0.3, -0.25) is 9.59 Å². The quantitative estimate of drug-likeness (QED) is 0.675. The summed E-state index contributed by atoms with van der Waals surface area (Å²) in [5.41, 5.74) is 2.25. The van der Waals surface area contributed by atoms with Gasteiger partial charge in [0.05, 0.1) is 11.1 Å². The fraction of sp³-hybridized carbons (Fsp3) is 0.333. The van der Waals surface area contributed by atoms with Gasteiger partial charge < -0.3 is 14.5 Å². The molecule has 2 bridgehead atoms. The molecule has 2 atom stereocenters. The number of thioether (sulfide) groups is 1. The third kappa shape index (κ3) is 3.07. The molecule has 2 aliphatic heterocycles. The van der Waals surface area contributed by atoms with E-state index in [1.807, 2.05) is 40.0 Å². The first-order chi connectivity index (χ1) is 14.2. The number of nitrogens with one attached hydrogen (secondary N) is 1. The maximum Gasteiger partial charge on any atom is 0.261 e. The molecular formula is C21H21N5O2S. The number of piperidine rings is 1. The predicted molar refractivity (Wildman–Crippen MR) is 111 cm³/mol. The molecule has 7 nitrogen and oxygen atoms in total. The Bertz CT molecular complexity index is 1120. The maximum atomic E-state index is 13.2. The third-order valence-electron chi connectivity index (χ3n) is 5.84. The van der Waals surface area contributed by atoms with E-state index >= 15 is 0 Å². The highest BCUT2D eigenvalue weighted by atomic mass is 32.2. The van der Waals surface area contributed by atoms with Crippen molar-refractivity contribution in [2.75, 3.05) is 19.3 Å². The van der Waals surface area contributed by atoms with Crippen LogP contribution in [0.1, 0.15) is 28.4 Å². The second kappa shape index (κ2) is 7.18. The Morgan fingerprint density at radius 3 is 2.86 bits per heavy atom. The molecule has 0 spiro atoms. The van der Waals surface area contributed by atoms with Crippen LogP contribution in [0.5, 0.6) is 0 Å². The second-order valence-electron chi connectivity index (χ2n) is 7.59. The number of fused-ring (bicyclic) bond motifs is 4. The van der Waals surface area contributed by atoms with Crippen LogP contribution in [0.2, 0.25) is 0 Å². The van der Waals surface area contributed by atoms with E-state index in [0.29, 0.717) is 36.6 Å². The minimum Gasteiger partial charge on any atom is -0.344 e. The van der Waals surface area contributed by atoms with E-state index in [1.165, 1.54) is 11.8 Å². The lowest BCUT2D eigenvalue weighted by Crippen LogP contribution is -2.49. The lowest BCUT2D eigenvalue weighted by Gasteiger charge is -2.43. The van der Waals surface area contributed by atoms with Gasteiger partial charge in [0.2, 0.25) is 0 Å². The number of H-pyrrole nitrogens is 1. The highest BCUT2D eigenvalue weighted by Crippen LogP contribution is 2.36. The molecule has 5 heterocycles. The van der Waals surface area contributed by atoms with Crippen LogP contribution in [0.4, 0.5) is 0 Å². The van der Waals surface area contributed by atoms with Crippen molar-refractivity contribution in [3.63, 3.8) is 0 Å². The summed E-state index contributed by atoms with van der Waals surface area (Å²) in [6, 6.07) is 7.52. The molecule has 0 saturated carbocycles. The summed E-state index contributed by atoms with van der Waals surface area (Å²) in [6.07, 6.45) is 8.03. The number of carbonyl (C=O) groups excluding carboxylic acids is 1. The van der Waals surface area contributed by atoms with Crippen LogP contribution in [0.3, 0.4) is 0 Å². The van der Waals surface area contributed by atoms with Crippen molar-refractivity contribution in [1.82, 2.24) is 24.4 Å². The monoisotopic (exact) mass is 407 g/mol. The minimum absolute atomic E-state index is 0.0103.